The second-order valence-electron chi connectivity index (χ2n) is 10.9. The van der Waals surface area contributed by atoms with E-state index in [1.807, 2.05) is 25.1 Å². The van der Waals surface area contributed by atoms with Gasteiger partial charge in [0.25, 0.3) is 0 Å². The van der Waals surface area contributed by atoms with E-state index in [0.717, 1.165) is 29.0 Å². The van der Waals surface area contributed by atoms with Gasteiger partial charge in [0.05, 0.1) is 29.7 Å². The molecule has 0 amide bonds. The van der Waals surface area contributed by atoms with Gasteiger partial charge in [-0.1, -0.05) is 18.2 Å². The predicted molar refractivity (Wildman–Crippen MR) is 154 cm³/mol. The van der Waals surface area contributed by atoms with Crippen LogP contribution in [0.5, 0.6) is 11.5 Å². The zero-order valence-electron chi connectivity index (χ0n) is 23.5. The molecule has 0 aliphatic carbocycles. The van der Waals surface area contributed by atoms with Gasteiger partial charge in [-0.15, -0.1) is 0 Å². The van der Waals surface area contributed by atoms with Crippen LogP contribution in [0, 0.1) is 17.5 Å². The molecule has 1 aliphatic rings. The number of carbonyl (C=O) groups is 1. The molecule has 0 spiro atoms. The average molecular weight is 626 g/mol. The highest BCUT2D eigenvalue weighted by molar-refractivity contribution is 7.91. The van der Waals surface area contributed by atoms with Gasteiger partial charge in [0.15, 0.2) is 21.4 Å². The number of aryl methyl sites for hydroxylation is 1. The molecule has 0 saturated carbocycles. The number of hydrogen-bond acceptors (Lipinski definition) is 6. The van der Waals surface area contributed by atoms with Crippen molar-refractivity contribution in [3.05, 3.63) is 94.7 Å². The molecule has 5 aromatic rings. The number of H-pyrrole nitrogens is 2. The first kappa shape index (κ1) is 29.5. The normalized spacial score (nSPS) is 16.7. The third kappa shape index (κ3) is 5.01. The summed E-state index contributed by atoms with van der Waals surface area (Å²) in [5, 5.41) is 9.07. The largest absolute Gasteiger partial charge is 0.481 e. The van der Waals surface area contributed by atoms with Crippen LogP contribution in [0.15, 0.2) is 59.8 Å². The zero-order chi connectivity index (χ0) is 31.4. The summed E-state index contributed by atoms with van der Waals surface area (Å²) in [6, 6.07) is 10.4. The minimum absolute atomic E-state index is 0.0275. The fourth-order valence-electron chi connectivity index (χ4n) is 5.69. The van der Waals surface area contributed by atoms with Crippen molar-refractivity contribution in [1.29, 1.82) is 0 Å². The number of sulfone groups is 1. The first-order chi connectivity index (χ1) is 20.9. The van der Waals surface area contributed by atoms with Crippen molar-refractivity contribution in [2.45, 2.75) is 36.7 Å². The topological polar surface area (TPSA) is 134 Å². The molecule has 3 heterocycles. The Morgan fingerprint density at radius 1 is 1.16 bits per heavy atom. The summed E-state index contributed by atoms with van der Waals surface area (Å²) in [5.41, 5.74) is 2.14. The molecule has 0 radical (unpaired) electrons. The van der Waals surface area contributed by atoms with Gasteiger partial charge in [0.1, 0.15) is 22.3 Å². The molecule has 2 aromatic heterocycles. The Morgan fingerprint density at radius 3 is 2.70 bits per heavy atom. The van der Waals surface area contributed by atoms with Gasteiger partial charge in [-0.3, -0.25) is 4.79 Å². The minimum atomic E-state index is -4.10. The number of fused-ring (bicyclic) bond motifs is 2. The van der Waals surface area contributed by atoms with E-state index in [-0.39, 0.29) is 41.1 Å². The summed E-state index contributed by atoms with van der Waals surface area (Å²) in [5.74, 6) is -5.34. The molecule has 44 heavy (non-hydrogen) atoms. The lowest BCUT2D eigenvalue weighted by Crippen LogP contribution is -2.35. The van der Waals surface area contributed by atoms with E-state index >= 15 is 8.78 Å². The number of imidazole rings is 1. The molecular formula is C31H26F3N3O6S. The van der Waals surface area contributed by atoms with Crippen LogP contribution in [0.2, 0.25) is 0 Å². The number of rotatable bonds is 8. The summed E-state index contributed by atoms with van der Waals surface area (Å²) in [4.78, 5) is 20.6. The van der Waals surface area contributed by atoms with Gasteiger partial charge in [0.2, 0.25) is 5.82 Å². The smallest absolute Gasteiger partial charge is 0.303 e. The number of carboxylic acid groups (broad SMARTS) is 1. The average Bonchev–Trinajstić information content (AvgIpc) is 3.66. The fourth-order valence-corrected chi connectivity index (χ4v) is 6.73. The van der Waals surface area contributed by atoms with Crippen LogP contribution in [-0.2, 0) is 37.8 Å². The molecule has 1 aliphatic heterocycles. The molecule has 0 fully saturated rings. The molecule has 6 rings (SSSR count). The van der Waals surface area contributed by atoms with Gasteiger partial charge in [-0.25, -0.2) is 22.2 Å². The Bertz CT molecular complexity index is 2060. The lowest BCUT2D eigenvalue weighted by Gasteiger charge is -2.36. The highest BCUT2D eigenvalue weighted by Gasteiger charge is 2.37. The van der Waals surface area contributed by atoms with Gasteiger partial charge in [-0.2, -0.15) is 4.39 Å². The Labute approximate surface area is 249 Å². The number of ether oxygens (including phenoxy) is 2. The highest BCUT2D eigenvalue weighted by atomic mass is 32.2. The van der Waals surface area contributed by atoms with Gasteiger partial charge in [0, 0.05) is 36.2 Å². The van der Waals surface area contributed by atoms with E-state index in [0.29, 0.717) is 18.7 Å². The second-order valence-corrected chi connectivity index (χ2v) is 12.8. The second kappa shape index (κ2) is 10.8. The maximum absolute atomic E-state index is 15.2. The van der Waals surface area contributed by atoms with Crippen molar-refractivity contribution in [1.82, 2.24) is 15.0 Å². The SMILES string of the molecule is C[C@@]1(c2cnc(-c3cc(Oc4c(F)c(F)c5[nH]ccc5c4S(C)(=O)=O)ccc3F)[nH]2)COCc2c(CCC(=O)O)cccc21. The van der Waals surface area contributed by atoms with E-state index in [1.54, 1.807) is 6.20 Å². The van der Waals surface area contributed by atoms with Crippen LogP contribution in [0.25, 0.3) is 22.3 Å². The molecule has 9 nitrogen and oxygen atoms in total. The van der Waals surface area contributed by atoms with Crippen LogP contribution < -0.4 is 4.74 Å². The van der Waals surface area contributed by atoms with Crippen molar-refractivity contribution >= 4 is 26.7 Å². The number of carboxylic acids is 1. The van der Waals surface area contributed by atoms with Crippen LogP contribution in [0.4, 0.5) is 13.2 Å². The van der Waals surface area contributed by atoms with Crippen molar-refractivity contribution in [3.8, 4) is 22.9 Å². The minimum Gasteiger partial charge on any atom is -0.481 e. The molecule has 13 heteroatoms. The van der Waals surface area contributed by atoms with E-state index < -0.39 is 49.3 Å². The Kier molecular flexibility index (Phi) is 7.25. The number of nitrogens with zero attached hydrogens (tertiary/aromatic N) is 1. The van der Waals surface area contributed by atoms with Crippen molar-refractivity contribution < 1.29 is 41.0 Å². The Balaban J connectivity index is 1.38. The summed E-state index contributed by atoms with van der Waals surface area (Å²) in [7, 11) is -4.10. The third-order valence-electron chi connectivity index (χ3n) is 7.88. The van der Waals surface area contributed by atoms with Gasteiger partial charge >= 0.3 is 5.97 Å². The standard InChI is InChI=1S/C31H26F3N3O6S/c1-31(15-42-14-20-16(6-9-24(38)39)4-3-5-21(20)31)23-13-36-30(37-23)19-12-17(7-8-22(19)32)43-28-26(34)25(33)27-18(10-11-35-27)29(28)44(2,40)41/h3-5,7-8,10-13,35H,6,9,14-15H2,1-2H3,(H,36,37)(H,38,39)/t31-/m1/s1. The van der Waals surface area contributed by atoms with Crippen molar-refractivity contribution in [2.24, 2.45) is 0 Å². The van der Waals surface area contributed by atoms with Crippen LogP contribution in [0.1, 0.15) is 35.7 Å². The molecule has 0 bridgehead atoms. The predicted octanol–water partition coefficient (Wildman–Crippen LogP) is 6.02. The number of nitrogens with one attached hydrogen (secondary N) is 2. The molecule has 0 unspecified atom stereocenters. The summed E-state index contributed by atoms with van der Waals surface area (Å²) in [6.45, 7) is 2.52. The molecule has 3 N–H and O–H groups in total. The number of aromatic amines is 2. The maximum Gasteiger partial charge on any atom is 0.303 e. The molecule has 228 valence electrons. The monoisotopic (exact) mass is 625 g/mol. The van der Waals surface area contributed by atoms with E-state index in [1.165, 1.54) is 24.4 Å². The van der Waals surface area contributed by atoms with Gasteiger partial charge in [-0.05, 0) is 54.3 Å². The first-order valence-electron chi connectivity index (χ1n) is 13.5. The Morgan fingerprint density at radius 2 is 1.95 bits per heavy atom. The van der Waals surface area contributed by atoms with E-state index in [9.17, 15) is 17.6 Å². The molecule has 1 atom stereocenters. The van der Waals surface area contributed by atoms with Crippen molar-refractivity contribution in [2.75, 3.05) is 12.9 Å². The molecule has 0 saturated heterocycles. The van der Waals surface area contributed by atoms with E-state index in [4.69, 9.17) is 14.6 Å². The number of hydrogen-bond donors (Lipinski definition) is 3. The van der Waals surface area contributed by atoms with Crippen LogP contribution >= 0.6 is 0 Å². The van der Waals surface area contributed by atoms with Crippen LogP contribution in [0.3, 0.4) is 0 Å². The first-order valence-corrected chi connectivity index (χ1v) is 15.4. The lowest BCUT2D eigenvalue weighted by atomic mass is 9.75. The summed E-state index contributed by atoms with van der Waals surface area (Å²) in [6.07, 6.45) is 3.99. The van der Waals surface area contributed by atoms with E-state index in [2.05, 4.69) is 15.0 Å². The third-order valence-corrected chi connectivity index (χ3v) is 9.02. The summed E-state index contributed by atoms with van der Waals surface area (Å²) >= 11 is 0. The molecular weight excluding hydrogens is 599 g/mol. The van der Waals surface area contributed by atoms with Gasteiger partial charge < -0.3 is 24.5 Å². The highest BCUT2D eigenvalue weighted by Crippen LogP contribution is 2.42. The number of aromatic nitrogens is 3. The molecule has 3 aromatic carbocycles. The lowest BCUT2D eigenvalue weighted by molar-refractivity contribution is -0.136. The Hall–Kier alpha value is -4.62. The number of benzene rings is 3. The number of halogens is 3. The summed E-state index contributed by atoms with van der Waals surface area (Å²) < 4.78 is 81.9. The fraction of sp³-hybridized carbons (Fsp3) is 0.226. The zero-order valence-corrected chi connectivity index (χ0v) is 24.3. The number of aliphatic carboxylic acids is 1. The quantitative estimate of drug-likeness (QED) is 0.180. The van der Waals surface area contributed by atoms with Crippen LogP contribution in [-0.4, -0.2) is 47.3 Å². The maximum atomic E-state index is 15.2. The van der Waals surface area contributed by atoms with Crippen molar-refractivity contribution in [3.63, 3.8) is 0 Å².